The van der Waals surface area contributed by atoms with Gasteiger partial charge in [0.2, 0.25) is 0 Å². The first-order valence-electron chi connectivity index (χ1n) is 11.0. The molecule has 0 amide bonds. The molecule has 4 heteroatoms. The summed E-state index contributed by atoms with van der Waals surface area (Å²) in [5, 5.41) is 3.25. The predicted octanol–water partition coefficient (Wildman–Crippen LogP) is 6.47. The van der Waals surface area contributed by atoms with Gasteiger partial charge in [0.05, 0.1) is 11.6 Å². The summed E-state index contributed by atoms with van der Waals surface area (Å²) in [6, 6.07) is 18.1. The minimum Gasteiger partial charge on any atom is -0.348 e. The second-order valence-corrected chi connectivity index (χ2v) is 9.28. The molecule has 0 N–H and O–H groups in total. The molecule has 4 rings (SSSR count). The molecule has 1 aromatic heterocycles. The van der Waals surface area contributed by atoms with E-state index in [1.807, 2.05) is 36.4 Å². The van der Waals surface area contributed by atoms with Crippen molar-refractivity contribution in [3.05, 3.63) is 82.4 Å². The van der Waals surface area contributed by atoms with Gasteiger partial charge in [-0.2, -0.15) is 0 Å². The van der Waals surface area contributed by atoms with Gasteiger partial charge in [-0.15, -0.1) is 11.3 Å². The molecule has 1 saturated heterocycles. The largest absolute Gasteiger partial charge is 0.348 e. The maximum atomic E-state index is 13.6. The van der Waals surface area contributed by atoms with E-state index < -0.39 is 0 Å². The molecule has 1 aliphatic heterocycles. The Bertz CT molecular complexity index is 973. The number of carbonyl (C=O) groups excluding carboxylic acids is 1. The second kappa shape index (κ2) is 9.57. The van der Waals surface area contributed by atoms with Crippen molar-refractivity contribution in [3.63, 3.8) is 0 Å². The average Bonchev–Trinajstić information content (AvgIpc) is 3.27. The second-order valence-electron chi connectivity index (χ2n) is 8.44. The van der Waals surface area contributed by atoms with Crippen molar-refractivity contribution in [3.8, 4) is 0 Å². The maximum Gasteiger partial charge on any atom is 0.185 e. The Morgan fingerprint density at radius 2 is 1.63 bits per heavy atom. The lowest BCUT2D eigenvalue weighted by Gasteiger charge is -2.26. The van der Waals surface area contributed by atoms with Crippen molar-refractivity contribution in [2.45, 2.75) is 51.4 Å². The summed E-state index contributed by atoms with van der Waals surface area (Å²) in [5.41, 5.74) is 4.17. The molecule has 30 heavy (non-hydrogen) atoms. The lowest BCUT2D eigenvalue weighted by molar-refractivity contribution is 0.0958. The maximum absolute atomic E-state index is 13.6. The number of Topliss-reactive ketones (excluding diaryl/α,β-unsaturated/α-hetero) is 1. The number of thiazole rings is 1. The van der Waals surface area contributed by atoms with Gasteiger partial charge < -0.3 is 4.90 Å². The molecule has 156 valence electrons. The third-order valence-electron chi connectivity index (χ3n) is 5.95. The fourth-order valence-electron chi connectivity index (χ4n) is 4.33. The lowest BCUT2D eigenvalue weighted by atomic mass is 9.82. The van der Waals surface area contributed by atoms with Crippen LogP contribution in [0.2, 0.25) is 0 Å². The molecule has 0 saturated carbocycles. The van der Waals surface area contributed by atoms with Gasteiger partial charge in [0.1, 0.15) is 0 Å². The van der Waals surface area contributed by atoms with Crippen molar-refractivity contribution in [2.75, 3.05) is 18.0 Å². The van der Waals surface area contributed by atoms with Gasteiger partial charge in [-0.1, -0.05) is 68.4 Å². The molecule has 3 aromatic rings. The van der Waals surface area contributed by atoms with E-state index in [-0.39, 0.29) is 11.7 Å². The van der Waals surface area contributed by atoms with Crippen LogP contribution in [0, 0.1) is 0 Å². The molecule has 0 aliphatic carbocycles. The highest BCUT2D eigenvalue weighted by atomic mass is 32.1. The third kappa shape index (κ3) is 4.65. The smallest absolute Gasteiger partial charge is 0.185 e. The van der Waals surface area contributed by atoms with Crippen LogP contribution in [0.15, 0.2) is 60.0 Å². The molecule has 0 radical (unpaired) electrons. The van der Waals surface area contributed by atoms with Crippen LogP contribution in [0.25, 0.3) is 0 Å². The van der Waals surface area contributed by atoms with Crippen molar-refractivity contribution in [1.82, 2.24) is 4.98 Å². The van der Waals surface area contributed by atoms with Gasteiger partial charge in [-0.3, -0.25) is 4.79 Å². The van der Waals surface area contributed by atoms with E-state index in [1.165, 1.54) is 24.8 Å². The Hall–Kier alpha value is -2.46. The number of rotatable bonds is 7. The van der Waals surface area contributed by atoms with Crippen molar-refractivity contribution < 1.29 is 4.79 Å². The van der Waals surface area contributed by atoms with Gasteiger partial charge in [0.25, 0.3) is 0 Å². The highest BCUT2D eigenvalue weighted by Crippen LogP contribution is 2.33. The lowest BCUT2D eigenvalue weighted by Crippen LogP contribution is -2.29. The molecule has 2 heterocycles. The highest BCUT2D eigenvalue weighted by Gasteiger charge is 2.27. The normalized spacial score (nSPS) is 15.4. The molecule has 1 unspecified atom stereocenters. The van der Waals surface area contributed by atoms with Gasteiger partial charge >= 0.3 is 0 Å². The number of hydrogen-bond acceptors (Lipinski definition) is 4. The number of benzene rings is 2. The van der Waals surface area contributed by atoms with E-state index in [0.717, 1.165) is 35.0 Å². The molecule has 1 atom stereocenters. The topological polar surface area (TPSA) is 33.2 Å². The summed E-state index contributed by atoms with van der Waals surface area (Å²) in [5.74, 6) is 0.324. The number of aromatic nitrogens is 1. The van der Waals surface area contributed by atoms with Crippen LogP contribution in [0.4, 0.5) is 5.13 Å². The zero-order valence-corrected chi connectivity index (χ0v) is 18.7. The fraction of sp³-hybridized carbons (Fsp3) is 0.385. The monoisotopic (exact) mass is 418 g/mol. The molecular formula is C26H30N2OS. The Labute approximate surface area is 183 Å². The van der Waals surface area contributed by atoms with E-state index in [2.05, 4.69) is 42.3 Å². The van der Waals surface area contributed by atoms with Crippen LogP contribution < -0.4 is 4.90 Å². The van der Waals surface area contributed by atoms with Crippen LogP contribution in [0.5, 0.6) is 0 Å². The summed E-state index contributed by atoms with van der Waals surface area (Å²) in [6.07, 6.45) is 4.44. The number of nitrogens with zero attached hydrogens (tertiary/aromatic N) is 2. The molecular weight excluding hydrogens is 388 g/mol. The quantitative estimate of drug-likeness (QED) is 0.413. The summed E-state index contributed by atoms with van der Waals surface area (Å²) in [4.78, 5) is 20.9. The Balaban J connectivity index is 1.66. The summed E-state index contributed by atoms with van der Waals surface area (Å²) in [6.45, 7) is 6.57. The first-order valence-corrected chi connectivity index (χ1v) is 11.9. The van der Waals surface area contributed by atoms with E-state index in [1.54, 1.807) is 11.3 Å². The van der Waals surface area contributed by atoms with E-state index in [9.17, 15) is 4.79 Å². The van der Waals surface area contributed by atoms with Gasteiger partial charge in [0.15, 0.2) is 10.9 Å². The number of piperidine rings is 1. The van der Waals surface area contributed by atoms with Crippen LogP contribution in [0.1, 0.15) is 72.1 Å². The minimum atomic E-state index is -0.220. The summed E-state index contributed by atoms with van der Waals surface area (Å²) in [7, 11) is 0. The van der Waals surface area contributed by atoms with E-state index >= 15 is 0 Å². The standard InChI is InChI=1S/C26H30N2OS/c1-19(2)22-13-7-8-14-23(22)24(25(29)20-11-5-3-6-12-20)17-21-18-30-26(27-21)28-15-9-4-10-16-28/h3,5-8,11-14,18-19,24H,4,9-10,15-17H2,1-2H3. The molecule has 0 spiro atoms. The van der Waals surface area contributed by atoms with E-state index in [4.69, 9.17) is 4.98 Å². The van der Waals surface area contributed by atoms with Gasteiger partial charge in [-0.05, 0) is 36.3 Å². The van der Waals surface area contributed by atoms with E-state index in [0.29, 0.717) is 12.3 Å². The third-order valence-corrected chi connectivity index (χ3v) is 6.90. The minimum absolute atomic E-state index is 0.177. The number of hydrogen-bond donors (Lipinski definition) is 0. The van der Waals surface area contributed by atoms with Gasteiger partial charge in [0, 0.05) is 30.5 Å². The zero-order valence-electron chi connectivity index (χ0n) is 17.9. The number of ketones is 1. The first kappa shape index (κ1) is 20.8. The van der Waals surface area contributed by atoms with Crippen molar-refractivity contribution in [1.29, 1.82) is 0 Å². The molecule has 2 aromatic carbocycles. The molecule has 1 aliphatic rings. The van der Waals surface area contributed by atoms with Gasteiger partial charge in [-0.25, -0.2) is 4.98 Å². The predicted molar refractivity (Wildman–Crippen MR) is 126 cm³/mol. The Kier molecular flexibility index (Phi) is 6.63. The Morgan fingerprint density at radius 1 is 0.967 bits per heavy atom. The summed E-state index contributed by atoms with van der Waals surface area (Å²) < 4.78 is 0. The molecule has 3 nitrogen and oxygen atoms in total. The van der Waals surface area contributed by atoms with Crippen LogP contribution in [-0.2, 0) is 6.42 Å². The summed E-state index contributed by atoms with van der Waals surface area (Å²) >= 11 is 1.71. The van der Waals surface area contributed by atoms with Crippen molar-refractivity contribution >= 4 is 22.3 Å². The van der Waals surface area contributed by atoms with Crippen LogP contribution in [-0.4, -0.2) is 23.9 Å². The van der Waals surface area contributed by atoms with Crippen LogP contribution in [0.3, 0.4) is 0 Å². The first-order chi connectivity index (χ1) is 14.6. The zero-order chi connectivity index (χ0) is 20.9. The fourth-order valence-corrected chi connectivity index (χ4v) is 5.22. The number of carbonyl (C=O) groups is 1. The molecule has 0 bridgehead atoms. The van der Waals surface area contributed by atoms with Crippen molar-refractivity contribution in [2.24, 2.45) is 0 Å². The highest BCUT2D eigenvalue weighted by molar-refractivity contribution is 7.13. The average molecular weight is 419 g/mol. The molecule has 1 fully saturated rings. The SMILES string of the molecule is CC(C)c1ccccc1C(Cc1csc(N2CCCCC2)n1)C(=O)c1ccccc1. The Morgan fingerprint density at radius 3 is 2.33 bits per heavy atom. The van der Waals surface area contributed by atoms with Crippen LogP contribution >= 0.6 is 11.3 Å². The number of anilines is 1.